The second kappa shape index (κ2) is 30.3. The minimum absolute atomic E-state index is 0.110. The van der Waals surface area contributed by atoms with Gasteiger partial charge in [-0.15, -0.1) is 0 Å². The molecule has 0 saturated heterocycles. The van der Waals surface area contributed by atoms with Crippen LogP contribution in [0.25, 0.3) is 133 Å². The van der Waals surface area contributed by atoms with Gasteiger partial charge < -0.3 is 8.83 Å². The van der Waals surface area contributed by atoms with Gasteiger partial charge in [-0.05, 0) is 287 Å². The van der Waals surface area contributed by atoms with Crippen LogP contribution in [-0.2, 0) is 47.4 Å². The van der Waals surface area contributed by atoms with E-state index in [1.807, 2.05) is 161 Å². The molecule has 16 rings (SSSR count). The van der Waals surface area contributed by atoms with E-state index in [9.17, 15) is 8.78 Å². The van der Waals surface area contributed by atoms with E-state index in [-0.39, 0.29) is 17.6 Å². The predicted molar refractivity (Wildman–Crippen MR) is 440 cm³/mol. The minimum atomic E-state index is -1.41. The standard InChI is InChI=1S/2C28H29N2O.C22H26FN2.C18H18FN2/c2*1-16(2)14-20-8-7-9-24-21(20)12-13-25(30(24)6)26-19(5)17(3)15-23-22-11-10-18(4)29-28(22)31-27(23)26;1-13(2)9-17-7-8-18-20(11-17)24-12-25(6)22(18)19-10-14(3)21(23)16(5)15(19)4;1-11-9-15(12(2)13(3)17(11)19)18-14-7-5-6-8-16(14)20-10-21(18)4/h2*7-13,15-16H,14H2,1-6H3;7-8,10-13H,9H2,1-6H3;5-10H,1-4H3/q4*+1/i14D2;;;. The first-order valence-electron chi connectivity index (χ1n) is 38.7. The lowest BCUT2D eigenvalue weighted by molar-refractivity contribution is -0.662. The van der Waals surface area contributed by atoms with E-state index >= 15 is 0 Å². The molecule has 0 saturated carbocycles. The number of hydrogen-bond acceptors (Lipinski definition) is 6. The molecule has 0 radical (unpaired) electrons. The second-order valence-corrected chi connectivity index (χ2v) is 31.0. The number of pyridine rings is 4. The number of fused-ring (bicyclic) bond motifs is 10. The lowest BCUT2D eigenvalue weighted by atomic mass is 9.94. The molecule has 12 heteroatoms. The quantitative estimate of drug-likeness (QED) is 0.127. The summed E-state index contributed by atoms with van der Waals surface area (Å²) >= 11 is 0. The van der Waals surface area contributed by atoms with Gasteiger partial charge in [0.1, 0.15) is 37.1 Å². The average Bonchev–Trinajstić information content (AvgIpc) is 1.48. The third-order valence-electron chi connectivity index (χ3n) is 21.8. The monoisotopic (exact) mass is 1440 g/mol. The summed E-state index contributed by atoms with van der Waals surface area (Å²) in [6.07, 6.45) is 4.37. The van der Waals surface area contributed by atoms with Crippen molar-refractivity contribution < 1.29 is 38.6 Å². The molecule has 108 heavy (non-hydrogen) atoms. The van der Waals surface area contributed by atoms with Gasteiger partial charge in [0, 0.05) is 81.8 Å². The molecular weight excluding hydrogens is 1340 g/mol. The number of hydrogen-bond donors (Lipinski definition) is 0. The van der Waals surface area contributed by atoms with Crippen molar-refractivity contribution in [2.45, 2.75) is 144 Å². The zero-order valence-corrected chi connectivity index (χ0v) is 66.9. The molecule has 0 aliphatic rings. The van der Waals surface area contributed by atoms with Crippen LogP contribution in [0.2, 0.25) is 0 Å². The fourth-order valence-electron chi connectivity index (χ4n) is 15.6. The van der Waals surface area contributed by atoms with Crippen molar-refractivity contribution in [3.8, 4) is 45.0 Å². The van der Waals surface area contributed by atoms with Crippen LogP contribution in [-0.4, -0.2) is 19.9 Å². The predicted octanol–water partition coefficient (Wildman–Crippen LogP) is 22.3. The third kappa shape index (κ3) is 14.2. The van der Waals surface area contributed by atoms with E-state index in [1.165, 1.54) is 44.3 Å². The maximum Gasteiger partial charge on any atom is 0.287 e. The van der Waals surface area contributed by atoms with E-state index in [2.05, 4.69) is 195 Å². The highest BCUT2D eigenvalue weighted by Gasteiger charge is 2.29. The topological polar surface area (TPSA) is 93.4 Å². The van der Waals surface area contributed by atoms with E-state index in [0.29, 0.717) is 40.0 Å². The van der Waals surface area contributed by atoms with Crippen LogP contribution in [0.3, 0.4) is 0 Å². The Morgan fingerprint density at radius 3 is 1.31 bits per heavy atom. The number of rotatable bonds is 10. The summed E-state index contributed by atoms with van der Waals surface area (Å²) in [4.78, 5) is 18.3. The van der Waals surface area contributed by atoms with Gasteiger partial charge in [-0.25, -0.2) is 27.9 Å². The first kappa shape index (κ1) is 72.6. The van der Waals surface area contributed by atoms with Crippen molar-refractivity contribution in [3.63, 3.8) is 0 Å². The average molecular weight is 1440 g/mol. The largest absolute Gasteiger partial charge is 0.437 e. The van der Waals surface area contributed by atoms with Crippen molar-refractivity contribution >= 4 is 87.7 Å². The molecule has 10 nitrogen and oxygen atoms in total. The maximum absolute atomic E-state index is 14.3. The molecule has 8 aromatic heterocycles. The third-order valence-corrected chi connectivity index (χ3v) is 21.8. The van der Waals surface area contributed by atoms with Crippen molar-refractivity contribution in [3.05, 3.63) is 260 Å². The summed E-state index contributed by atoms with van der Waals surface area (Å²) in [6, 6.07) is 52.4. The van der Waals surface area contributed by atoms with Crippen LogP contribution in [0.5, 0.6) is 0 Å². The lowest BCUT2D eigenvalue weighted by Gasteiger charge is -2.14. The van der Waals surface area contributed by atoms with Gasteiger partial charge in [0.05, 0.1) is 36.0 Å². The van der Waals surface area contributed by atoms with Crippen molar-refractivity contribution in [1.82, 2.24) is 19.9 Å². The SMILES string of the molecule is Cc1cc(-c2c3ccc(CC(C)C)cc3nc[n+]2C)c(C)c(C)c1F.Cc1cc(-c2c3ccccc3nc[n+]2C)c(C)c(C)c1F.Cc1ccc2c(n1)oc1c(-c3ccc4c(CC(C)C)cccc4[n+]3C)c(C)c(C)cc12.[2H]C([2H])(c1cccc2c1ccc(-c1c(C)c(C)cc3c1oc1nc(C)ccc13)[n+]2C)C(C)C. The summed E-state index contributed by atoms with van der Waals surface area (Å²) < 4.78 is 66.9. The zero-order chi connectivity index (χ0) is 79.0. The van der Waals surface area contributed by atoms with Gasteiger partial charge >= 0.3 is 0 Å². The lowest BCUT2D eigenvalue weighted by Crippen LogP contribution is -2.32. The molecule has 8 aromatic carbocycles. The van der Waals surface area contributed by atoms with Crippen molar-refractivity contribution in [1.29, 1.82) is 0 Å². The Bertz CT molecular complexity index is 6370. The number of aromatic nitrogens is 8. The number of benzene rings is 8. The van der Waals surface area contributed by atoms with Gasteiger partial charge in [-0.3, -0.25) is 0 Å². The number of halogens is 2. The van der Waals surface area contributed by atoms with Gasteiger partial charge in [-0.1, -0.05) is 84.0 Å². The molecule has 0 aliphatic carbocycles. The Hall–Kier alpha value is -11.0. The molecular formula is C96H102F2N8O2+4. The van der Waals surface area contributed by atoms with Crippen LogP contribution in [0.4, 0.5) is 8.78 Å². The highest BCUT2D eigenvalue weighted by molar-refractivity contribution is 6.11. The Labute approximate surface area is 637 Å². The first-order valence-corrected chi connectivity index (χ1v) is 37.7. The maximum atomic E-state index is 14.3. The van der Waals surface area contributed by atoms with Crippen LogP contribution in [0.15, 0.2) is 173 Å². The Kier molecular flexibility index (Phi) is 20.4. The molecule has 548 valence electrons. The molecule has 0 unspecified atom stereocenters. The van der Waals surface area contributed by atoms with E-state index in [0.717, 1.165) is 157 Å². The Balaban J connectivity index is 0.000000131. The van der Waals surface area contributed by atoms with Gasteiger partial charge in [-0.2, -0.15) is 9.13 Å². The van der Waals surface area contributed by atoms with Crippen molar-refractivity contribution in [2.24, 2.45) is 45.9 Å². The van der Waals surface area contributed by atoms with Crippen LogP contribution < -0.4 is 18.3 Å². The minimum Gasteiger partial charge on any atom is -0.437 e. The van der Waals surface area contributed by atoms with Crippen LogP contribution >= 0.6 is 0 Å². The smallest absolute Gasteiger partial charge is 0.287 e. The summed E-state index contributed by atoms with van der Waals surface area (Å²) in [6.45, 7) is 36.8. The molecule has 0 fully saturated rings. The Morgan fingerprint density at radius 2 is 0.824 bits per heavy atom. The zero-order valence-electron chi connectivity index (χ0n) is 68.9. The second-order valence-electron chi connectivity index (χ2n) is 31.0. The number of para-hydroxylation sites is 1. The van der Waals surface area contributed by atoms with E-state index in [1.54, 1.807) is 0 Å². The highest BCUT2D eigenvalue weighted by atomic mass is 19.1. The van der Waals surface area contributed by atoms with E-state index < -0.39 is 6.37 Å². The molecule has 0 spiro atoms. The summed E-state index contributed by atoms with van der Waals surface area (Å²) in [7, 11) is 8.18. The Morgan fingerprint density at radius 1 is 0.389 bits per heavy atom. The molecule has 0 amide bonds. The summed E-state index contributed by atoms with van der Waals surface area (Å²) in [5.74, 6) is 0.888. The molecule has 8 heterocycles. The van der Waals surface area contributed by atoms with Gasteiger partial charge in [0.25, 0.3) is 12.7 Å². The number of aryl methyl sites for hydroxylation is 10. The van der Waals surface area contributed by atoms with Crippen LogP contribution in [0, 0.1) is 112 Å². The molecule has 0 aliphatic heterocycles. The van der Waals surface area contributed by atoms with Crippen molar-refractivity contribution in [2.75, 3.05) is 0 Å². The first-order chi connectivity index (χ1) is 52.2. The fraction of sp³-hybridized carbons (Fsp3) is 0.292. The number of furan rings is 2. The van der Waals surface area contributed by atoms with Crippen LogP contribution in [0.1, 0.15) is 128 Å². The molecule has 0 atom stereocenters. The number of nitrogens with zero attached hydrogens (tertiary/aromatic N) is 8. The van der Waals surface area contributed by atoms with Gasteiger partial charge in [0.2, 0.25) is 33.8 Å². The molecule has 16 aromatic rings. The summed E-state index contributed by atoms with van der Waals surface area (Å²) in [5.41, 5.74) is 31.0. The van der Waals surface area contributed by atoms with E-state index in [4.69, 9.17) is 11.6 Å². The van der Waals surface area contributed by atoms with Gasteiger partial charge in [0.15, 0.2) is 22.2 Å². The summed E-state index contributed by atoms with van der Waals surface area (Å²) in [5, 5.41) is 8.75. The molecule has 0 bridgehead atoms. The highest BCUT2D eigenvalue weighted by Crippen LogP contribution is 2.42. The normalized spacial score (nSPS) is 12.1. The fourth-order valence-corrected chi connectivity index (χ4v) is 15.6. The molecule has 0 N–H and O–H groups in total.